The minimum atomic E-state index is -0.269. The van der Waals surface area contributed by atoms with Gasteiger partial charge in [-0.15, -0.1) is 0 Å². The Balaban J connectivity index is 1.78. The molecule has 1 fully saturated rings. The van der Waals surface area contributed by atoms with E-state index < -0.39 is 0 Å². The molecule has 4 rings (SSSR count). The second-order valence-electron chi connectivity index (χ2n) is 7.23. The van der Waals surface area contributed by atoms with Crippen LogP contribution in [0.25, 0.3) is 22.1 Å². The van der Waals surface area contributed by atoms with Crippen molar-refractivity contribution in [2.24, 2.45) is 0 Å². The molecule has 26 heavy (non-hydrogen) atoms. The zero-order chi connectivity index (χ0) is 18.3. The number of likely N-dealkylation sites (N-methyl/N-ethyl adjacent to an activating group) is 1. The van der Waals surface area contributed by atoms with Crippen molar-refractivity contribution in [2.45, 2.75) is 13.8 Å². The summed E-state index contributed by atoms with van der Waals surface area (Å²) in [4.78, 5) is 17.4. The summed E-state index contributed by atoms with van der Waals surface area (Å²) >= 11 is 0. The highest BCUT2D eigenvalue weighted by Crippen LogP contribution is 2.29. The molecule has 2 aromatic carbocycles. The number of hydrogen-bond acceptors (Lipinski definition) is 4. The van der Waals surface area contributed by atoms with Crippen molar-refractivity contribution in [3.63, 3.8) is 0 Å². The van der Waals surface area contributed by atoms with E-state index in [1.807, 2.05) is 44.2 Å². The minimum Gasteiger partial charge on any atom is -0.422 e. The first-order chi connectivity index (χ1) is 12.5. The Hall–Kier alpha value is -2.59. The zero-order valence-electron chi connectivity index (χ0n) is 15.6. The SMILES string of the molecule is Cc1ccc(-c2c(C)c3ccc(N4CCN(C)CC4)cc3oc2=O)cc1. The second-order valence-corrected chi connectivity index (χ2v) is 7.23. The van der Waals surface area contributed by atoms with Crippen LogP contribution in [-0.4, -0.2) is 38.1 Å². The van der Waals surface area contributed by atoms with E-state index in [1.165, 1.54) is 5.56 Å². The van der Waals surface area contributed by atoms with Gasteiger partial charge in [0.2, 0.25) is 0 Å². The lowest BCUT2D eigenvalue weighted by Gasteiger charge is -2.34. The maximum atomic E-state index is 12.7. The summed E-state index contributed by atoms with van der Waals surface area (Å²) in [6.07, 6.45) is 0. The van der Waals surface area contributed by atoms with Crippen LogP contribution >= 0.6 is 0 Å². The van der Waals surface area contributed by atoms with E-state index in [1.54, 1.807) is 0 Å². The molecule has 0 spiro atoms. The van der Waals surface area contributed by atoms with Crippen LogP contribution < -0.4 is 10.5 Å². The second kappa shape index (κ2) is 6.61. The molecule has 0 bridgehead atoms. The maximum absolute atomic E-state index is 12.7. The van der Waals surface area contributed by atoms with Gasteiger partial charge in [-0.05, 0) is 44.2 Å². The van der Waals surface area contributed by atoms with Crippen molar-refractivity contribution < 1.29 is 4.42 Å². The van der Waals surface area contributed by atoms with E-state index in [2.05, 4.69) is 29.0 Å². The number of aryl methyl sites for hydroxylation is 2. The molecule has 0 aliphatic carbocycles. The molecule has 1 aliphatic rings. The number of benzene rings is 2. The Bertz CT molecular complexity index is 997. The minimum absolute atomic E-state index is 0.269. The van der Waals surface area contributed by atoms with Gasteiger partial charge in [-0.25, -0.2) is 4.79 Å². The summed E-state index contributed by atoms with van der Waals surface area (Å²) in [5.74, 6) is 0. The molecule has 1 aromatic heterocycles. The van der Waals surface area contributed by atoms with Gasteiger partial charge in [0.15, 0.2) is 0 Å². The highest BCUT2D eigenvalue weighted by Gasteiger charge is 2.17. The molecule has 1 aliphatic heterocycles. The number of anilines is 1. The van der Waals surface area contributed by atoms with Crippen LogP contribution in [0.1, 0.15) is 11.1 Å². The van der Waals surface area contributed by atoms with Gasteiger partial charge < -0.3 is 14.2 Å². The quantitative estimate of drug-likeness (QED) is 0.660. The third-order valence-electron chi connectivity index (χ3n) is 5.36. The van der Waals surface area contributed by atoms with Crippen LogP contribution in [-0.2, 0) is 0 Å². The lowest BCUT2D eigenvalue weighted by atomic mass is 9.98. The van der Waals surface area contributed by atoms with E-state index in [9.17, 15) is 4.79 Å². The van der Waals surface area contributed by atoms with E-state index in [4.69, 9.17) is 4.42 Å². The normalized spacial score (nSPS) is 15.6. The fourth-order valence-electron chi connectivity index (χ4n) is 3.66. The third-order valence-corrected chi connectivity index (χ3v) is 5.36. The third kappa shape index (κ3) is 3.01. The number of rotatable bonds is 2. The Labute approximate surface area is 153 Å². The monoisotopic (exact) mass is 348 g/mol. The van der Waals surface area contributed by atoms with E-state index in [-0.39, 0.29) is 5.63 Å². The van der Waals surface area contributed by atoms with Crippen molar-refractivity contribution in [1.29, 1.82) is 0 Å². The Morgan fingerprint density at radius 2 is 1.62 bits per heavy atom. The van der Waals surface area contributed by atoms with E-state index in [0.717, 1.165) is 48.4 Å². The highest BCUT2D eigenvalue weighted by atomic mass is 16.4. The summed E-state index contributed by atoms with van der Waals surface area (Å²) in [6, 6.07) is 14.2. The molecule has 1 saturated heterocycles. The molecule has 0 N–H and O–H groups in total. The van der Waals surface area contributed by atoms with E-state index in [0.29, 0.717) is 11.1 Å². The van der Waals surface area contributed by atoms with Gasteiger partial charge in [0.25, 0.3) is 0 Å². The van der Waals surface area contributed by atoms with Crippen molar-refractivity contribution in [2.75, 3.05) is 38.1 Å². The van der Waals surface area contributed by atoms with Crippen LogP contribution in [0.15, 0.2) is 51.7 Å². The summed E-state index contributed by atoms with van der Waals surface area (Å²) in [5.41, 5.74) is 5.24. The first kappa shape index (κ1) is 16.9. The molecule has 0 unspecified atom stereocenters. The van der Waals surface area contributed by atoms with Crippen LogP contribution in [0.4, 0.5) is 5.69 Å². The molecule has 4 nitrogen and oxygen atoms in total. The summed E-state index contributed by atoms with van der Waals surface area (Å²) in [7, 11) is 2.15. The van der Waals surface area contributed by atoms with Gasteiger partial charge in [-0.3, -0.25) is 0 Å². The van der Waals surface area contributed by atoms with Crippen molar-refractivity contribution >= 4 is 16.7 Å². The van der Waals surface area contributed by atoms with Crippen LogP contribution in [0, 0.1) is 13.8 Å². The first-order valence-electron chi connectivity index (χ1n) is 9.11. The number of hydrogen-bond donors (Lipinski definition) is 0. The summed E-state index contributed by atoms with van der Waals surface area (Å²) in [6.45, 7) is 8.13. The average molecular weight is 348 g/mol. The summed E-state index contributed by atoms with van der Waals surface area (Å²) < 4.78 is 5.72. The Morgan fingerprint density at radius 1 is 0.923 bits per heavy atom. The number of nitrogens with zero attached hydrogens (tertiary/aromatic N) is 2. The Kier molecular flexibility index (Phi) is 4.29. The van der Waals surface area contributed by atoms with Crippen molar-refractivity contribution in [3.8, 4) is 11.1 Å². The topological polar surface area (TPSA) is 36.7 Å². The Morgan fingerprint density at radius 3 is 2.31 bits per heavy atom. The molecular weight excluding hydrogens is 324 g/mol. The lowest BCUT2D eigenvalue weighted by molar-refractivity contribution is 0.313. The average Bonchev–Trinajstić information content (AvgIpc) is 2.63. The van der Waals surface area contributed by atoms with Crippen LogP contribution in [0.2, 0.25) is 0 Å². The number of piperazine rings is 1. The smallest absolute Gasteiger partial charge is 0.344 e. The molecule has 0 atom stereocenters. The fraction of sp³-hybridized carbons (Fsp3) is 0.318. The number of fused-ring (bicyclic) bond motifs is 1. The lowest BCUT2D eigenvalue weighted by Crippen LogP contribution is -2.44. The highest BCUT2D eigenvalue weighted by molar-refractivity contribution is 5.88. The van der Waals surface area contributed by atoms with Gasteiger partial charge in [-0.1, -0.05) is 29.8 Å². The van der Waals surface area contributed by atoms with Gasteiger partial charge >= 0.3 is 5.63 Å². The molecular formula is C22H24N2O2. The molecule has 4 heteroatoms. The van der Waals surface area contributed by atoms with Crippen LogP contribution in [0.3, 0.4) is 0 Å². The summed E-state index contributed by atoms with van der Waals surface area (Å²) in [5, 5.41) is 0.998. The predicted molar refractivity (Wildman–Crippen MR) is 107 cm³/mol. The molecule has 0 amide bonds. The standard InChI is InChI=1S/C22H24N2O2/c1-15-4-6-17(7-5-15)21-16(2)19-9-8-18(14-20(19)26-22(21)25)24-12-10-23(3)11-13-24/h4-9,14H,10-13H2,1-3H3. The van der Waals surface area contributed by atoms with Gasteiger partial charge in [0, 0.05) is 43.3 Å². The van der Waals surface area contributed by atoms with E-state index >= 15 is 0 Å². The van der Waals surface area contributed by atoms with Gasteiger partial charge in [0.05, 0.1) is 5.56 Å². The maximum Gasteiger partial charge on any atom is 0.344 e. The molecule has 2 heterocycles. The zero-order valence-corrected chi connectivity index (χ0v) is 15.6. The van der Waals surface area contributed by atoms with Gasteiger partial charge in [-0.2, -0.15) is 0 Å². The van der Waals surface area contributed by atoms with Crippen molar-refractivity contribution in [1.82, 2.24) is 4.90 Å². The first-order valence-corrected chi connectivity index (χ1v) is 9.11. The molecule has 0 saturated carbocycles. The van der Waals surface area contributed by atoms with Gasteiger partial charge in [0.1, 0.15) is 5.58 Å². The molecule has 3 aromatic rings. The molecule has 134 valence electrons. The van der Waals surface area contributed by atoms with Crippen molar-refractivity contribution in [3.05, 3.63) is 64.0 Å². The van der Waals surface area contributed by atoms with Crippen LogP contribution in [0.5, 0.6) is 0 Å². The molecule has 0 radical (unpaired) electrons. The predicted octanol–water partition coefficient (Wildman–Crippen LogP) is 3.83. The largest absolute Gasteiger partial charge is 0.422 e. The fourth-order valence-corrected chi connectivity index (χ4v) is 3.66.